The lowest BCUT2D eigenvalue weighted by atomic mass is 10.1. The Balaban J connectivity index is 1.94. The summed E-state index contributed by atoms with van der Waals surface area (Å²) < 4.78 is 1.98. The predicted molar refractivity (Wildman–Crippen MR) is 90.6 cm³/mol. The van der Waals surface area contributed by atoms with Crippen LogP contribution in [0.1, 0.15) is 44.4 Å². The highest BCUT2D eigenvalue weighted by Gasteiger charge is 2.05. The Bertz CT molecular complexity index is 550. The summed E-state index contributed by atoms with van der Waals surface area (Å²) in [4.78, 5) is 1.32. The summed E-state index contributed by atoms with van der Waals surface area (Å²) in [6.45, 7) is 8.53. The lowest BCUT2D eigenvalue weighted by molar-refractivity contribution is 0.570. The normalized spacial score (nSPS) is 12.5. The highest BCUT2D eigenvalue weighted by atomic mass is 32.2. The van der Waals surface area contributed by atoms with Gasteiger partial charge in [-0.3, -0.25) is 4.68 Å². The molecule has 0 bridgehead atoms. The van der Waals surface area contributed by atoms with Crippen LogP contribution in [0.2, 0.25) is 0 Å². The van der Waals surface area contributed by atoms with Crippen molar-refractivity contribution in [3.05, 3.63) is 47.8 Å². The Labute approximate surface area is 132 Å². The molecule has 0 spiro atoms. The van der Waals surface area contributed by atoms with Crippen LogP contribution in [-0.2, 0) is 12.3 Å². The van der Waals surface area contributed by atoms with Gasteiger partial charge in [-0.15, -0.1) is 11.8 Å². The van der Waals surface area contributed by atoms with Crippen molar-refractivity contribution in [3.63, 3.8) is 0 Å². The number of rotatable bonds is 8. The van der Waals surface area contributed by atoms with Gasteiger partial charge in [-0.05, 0) is 44.5 Å². The summed E-state index contributed by atoms with van der Waals surface area (Å²) in [5.74, 6) is 0.972. The van der Waals surface area contributed by atoms with Crippen molar-refractivity contribution >= 4 is 11.8 Å². The van der Waals surface area contributed by atoms with Gasteiger partial charge in [0.25, 0.3) is 0 Å². The number of nitrogens with one attached hydrogen (secondary N) is 1. The van der Waals surface area contributed by atoms with Crippen LogP contribution in [0.15, 0.2) is 41.6 Å². The summed E-state index contributed by atoms with van der Waals surface area (Å²) in [6.07, 6.45) is 5.26. The third-order valence-corrected chi connectivity index (χ3v) is 4.54. The van der Waals surface area contributed by atoms with Gasteiger partial charge in [0, 0.05) is 35.0 Å². The molecule has 3 nitrogen and oxygen atoms in total. The number of hydrogen-bond acceptors (Lipinski definition) is 3. The van der Waals surface area contributed by atoms with Gasteiger partial charge in [0.05, 0.1) is 6.20 Å². The van der Waals surface area contributed by atoms with Gasteiger partial charge in [-0.2, -0.15) is 5.10 Å². The molecule has 1 unspecified atom stereocenters. The van der Waals surface area contributed by atoms with Crippen LogP contribution >= 0.6 is 11.8 Å². The third-order valence-electron chi connectivity index (χ3n) is 3.47. The fourth-order valence-corrected chi connectivity index (χ4v) is 3.05. The van der Waals surface area contributed by atoms with Crippen molar-refractivity contribution in [2.45, 2.75) is 50.4 Å². The second kappa shape index (κ2) is 8.25. The minimum atomic E-state index is 0.411. The smallest absolute Gasteiger partial charge is 0.0530 e. The molecule has 0 aliphatic heterocycles. The van der Waals surface area contributed by atoms with Gasteiger partial charge in [-0.1, -0.05) is 19.1 Å². The lowest BCUT2D eigenvalue weighted by Crippen LogP contribution is -2.19. The van der Waals surface area contributed by atoms with E-state index >= 15 is 0 Å². The zero-order chi connectivity index (χ0) is 15.1. The summed E-state index contributed by atoms with van der Waals surface area (Å²) >= 11 is 1.87. The molecular weight excluding hydrogens is 278 g/mol. The van der Waals surface area contributed by atoms with E-state index in [1.54, 1.807) is 0 Å². The van der Waals surface area contributed by atoms with E-state index in [-0.39, 0.29) is 0 Å². The molecule has 21 heavy (non-hydrogen) atoms. The standard InChI is InChI=1S/C17H25N3S/c1-4-9-18-14(3)16-7-6-8-17(10-16)21-13-15-11-19-20(5-2)12-15/h6-8,10-12,14,18H,4-5,9,13H2,1-3H3. The zero-order valence-electron chi connectivity index (χ0n) is 13.2. The fourth-order valence-electron chi connectivity index (χ4n) is 2.17. The van der Waals surface area contributed by atoms with Crippen molar-refractivity contribution in [1.29, 1.82) is 0 Å². The summed E-state index contributed by atoms with van der Waals surface area (Å²) in [7, 11) is 0. The number of aromatic nitrogens is 2. The average molecular weight is 303 g/mol. The van der Waals surface area contributed by atoms with Crippen LogP contribution in [0, 0.1) is 0 Å². The van der Waals surface area contributed by atoms with Crippen molar-refractivity contribution < 1.29 is 0 Å². The van der Waals surface area contributed by atoms with Crippen LogP contribution in [0.5, 0.6) is 0 Å². The Morgan fingerprint density at radius 1 is 1.33 bits per heavy atom. The molecular formula is C17H25N3S. The number of nitrogens with zero attached hydrogens (tertiary/aromatic N) is 2. The molecule has 1 atom stereocenters. The van der Waals surface area contributed by atoms with E-state index in [1.807, 2.05) is 22.6 Å². The van der Waals surface area contributed by atoms with Gasteiger partial charge >= 0.3 is 0 Å². The van der Waals surface area contributed by atoms with Gasteiger partial charge in [0.1, 0.15) is 0 Å². The Hall–Kier alpha value is -1.26. The molecule has 4 heteroatoms. The van der Waals surface area contributed by atoms with E-state index in [9.17, 15) is 0 Å². The maximum atomic E-state index is 4.32. The van der Waals surface area contributed by atoms with E-state index in [0.29, 0.717) is 6.04 Å². The van der Waals surface area contributed by atoms with Crippen LogP contribution in [0.4, 0.5) is 0 Å². The first-order valence-corrected chi connectivity index (χ1v) is 8.69. The predicted octanol–water partition coefficient (Wildman–Crippen LogP) is 4.26. The van der Waals surface area contributed by atoms with Crippen molar-refractivity contribution in [2.75, 3.05) is 6.54 Å². The molecule has 1 aromatic heterocycles. The maximum Gasteiger partial charge on any atom is 0.0530 e. The van der Waals surface area contributed by atoms with Gasteiger partial charge < -0.3 is 5.32 Å². The maximum absolute atomic E-state index is 4.32. The van der Waals surface area contributed by atoms with E-state index in [4.69, 9.17) is 0 Å². The van der Waals surface area contributed by atoms with Crippen LogP contribution < -0.4 is 5.32 Å². The van der Waals surface area contributed by atoms with Gasteiger partial charge in [-0.25, -0.2) is 0 Å². The van der Waals surface area contributed by atoms with Crippen LogP contribution in [-0.4, -0.2) is 16.3 Å². The first kappa shape index (κ1) is 16.1. The molecule has 114 valence electrons. The van der Waals surface area contributed by atoms with Crippen LogP contribution in [0.3, 0.4) is 0 Å². The second-order valence-electron chi connectivity index (χ2n) is 5.24. The SMILES string of the molecule is CCCNC(C)c1cccc(SCc2cnn(CC)c2)c1. The molecule has 0 radical (unpaired) electrons. The van der Waals surface area contributed by atoms with E-state index in [0.717, 1.165) is 18.8 Å². The van der Waals surface area contributed by atoms with Gasteiger partial charge in [0.2, 0.25) is 0 Å². The molecule has 0 amide bonds. The average Bonchev–Trinajstić information content (AvgIpc) is 2.99. The highest BCUT2D eigenvalue weighted by molar-refractivity contribution is 7.98. The molecule has 2 aromatic rings. The molecule has 0 aliphatic rings. The van der Waals surface area contributed by atoms with Gasteiger partial charge in [0.15, 0.2) is 0 Å². The van der Waals surface area contributed by atoms with E-state index < -0.39 is 0 Å². The molecule has 1 N–H and O–H groups in total. The summed E-state index contributed by atoms with van der Waals surface area (Å²) in [5.41, 5.74) is 2.64. The molecule has 1 aromatic carbocycles. The minimum absolute atomic E-state index is 0.411. The Morgan fingerprint density at radius 3 is 2.90 bits per heavy atom. The Kier molecular flexibility index (Phi) is 6.33. The number of hydrogen-bond donors (Lipinski definition) is 1. The van der Waals surface area contributed by atoms with Crippen molar-refractivity contribution in [2.24, 2.45) is 0 Å². The number of aryl methyl sites for hydroxylation is 1. The van der Waals surface area contributed by atoms with E-state index in [2.05, 4.69) is 61.6 Å². The summed E-state index contributed by atoms with van der Waals surface area (Å²) in [6, 6.07) is 9.24. The second-order valence-corrected chi connectivity index (χ2v) is 6.29. The zero-order valence-corrected chi connectivity index (χ0v) is 14.0. The molecule has 1 heterocycles. The largest absolute Gasteiger partial charge is 0.310 e. The molecule has 2 rings (SSSR count). The lowest BCUT2D eigenvalue weighted by Gasteiger charge is -2.14. The topological polar surface area (TPSA) is 29.9 Å². The minimum Gasteiger partial charge on any atom is -0.310 e. The van der Waals surface area contributed by atoms with Crippen LogP contribution in [0.25, 0.3) is 0 Å². The number of thioether (sulfide) groups is 1. The van der Waals surface area contributed by atoms with Crippen molar-refractivity contribution in [3.8, 4) is 0 Å². The summed E-state index contributed by atoms with van der Waals surface area (Å²) in [5, 5.41) is 7.86. The third kappa shape index (κ3) is 4.90. The number of benzene rings is 1. The monoisotopic (exact) mass is 303 g/mol. The molecule has 0 saturated carbocycles. The first-order valence-electron chi connectivity index (χ1n) is 7.70. The first-order chi connectivity index (χ1) is 10.2. The van der Waals surface area contributed by atoms with Crippen molar-refractivity contribution in [1.82, 2.24) is 15.1 Å². The quantitative estimate of drug-likeness (QED) is 0.739. The Morgan fingerprint density at radius 2 is 2.19 bits per heavy atom. The molecule has 0 saturated heterocycles. The molecule has 0 aliphatic carbocycles. The molecule has 0 fully saturated rings. The fraction of sp³-hybridized carbons (Fsp3) is 0.471. The highest BCUT2D eigenvalue weighted by Crippen LogP contribution is 2.25. The van der Waals surface area contributed by atoms with E-state index in [1.165, 1.54) is 22.4 Å².